The maximum atomic E-state index is 13.0. The monoisotopic (exact) mass is 364 g/mol. The van der Waals surface area contributed by atoms with Crippen LogP contribution in [0.5, 0.6) is 5.75 Å². The van der Waals surface area contributed by atoms with E-state index in [1.807, 2.05) is 31.2 Å². The van der Waals surface area contributed by atoms with Gasteiger partial charge in [0.1, 0.15) is 17.4 Å². The molecule has 0 unspecified atom stereocenters. The normalized spacial score (nSPS) is 21.0. The zero-order chi connectivity index (χ0) is 19.1. The van der Waals surface area contributed by atoms with Crippen LogP contribution in [0.1, 0.15) is 18.1 Å². The Morgan fingerprint density at radius 2 is 1.70 bits per heavy atom. The van der Waals surface area contributed by atoms with Crippen molar-refractivity contribution < 1.29 is 24.0 Å². The van der Waals surface area contributed by atoms with Crippen LogP contribution in [-0.2, 0) is 19.2 Å². The molecule has 0 aliphatic carbocycles. The standard InChI is InChI=1S/C20H16N2O5/c1-11-3-5-13(6-4-11)17-16-18(27-21-17)20(25)22(19(16)24)14-7-9-15(10-8-14)26-12(2)23/h3-10,16,18H,1-2H3/t16-,18-/m1/s1. The van der Waals surface area contributed by atoms with Crippen LogP contribution >= 0.6 is 0 Å². The molecule has 1 fully saturated rings. The highest BCUT2D eigenvalue weighted by Gasteiger charge is 2.56. The second-order valence-corrected chi connectivity index (χ2v) is 6.45. The number of ether oxygens (including phenoxy) is 1. The van der Waals surface area contributed by atoms with Gasteiger partial charge in [-0.2, -0.15) is 0 Å². The van der Waals surface area contributed by atoms with Crippen molar-refractivity contribution in [3.05, 3.63) is 59.7 Å². The third kappa shape index (κ3) is 2.87. The van der Waals surface area contributed by atoms with E-state index >= 15 is 0 Å². The van der Waals surface area contributed by atoms with Crippen molar-refractivity contribution in [3.63, 3.8) is 0 Å². The van der Waals surface area contributed by atoms with E-state index in [0.29, 0.717) is 17.1 Å². The largest absolute Gasteiger partial charge is 0.427 e. The number of carbonyl (C=O) groups is 3. The maximum absolute atomic E-state index is 13.0. The van der Waals surface area contributed by atoms with Crippen molar-refractivity contribution in [3.8, 4) is 5.75 Å². The third-order valence-electron chi connectivity index (χ3n) is 4.52. The van der Waals surface area contributed by atoms with E-state index in [9.17, 15) is 14.4 Å². The Morgan fingerprint density at radius 3 is 2.33 bits per heavy atom. The Bertz CT molecular complexity index is 963. The fourth-order valence-electron chi connectivity index (χ4n) is 3.22. The number of esters is 1. The number of fused-ring (bicyclic) bond motifs is 1. The minimum absolute atomic E-state index is 0.337. The number of benzene rings is 2. The van der Waals surface area contributed by atoms with Crippen LogP contribution in [0.25, 0.3) is 0 Å². The molecule has 0 bridgehead atoms. The highest BCUT2D eigenvalue weighted by atomic mass is 16.6. The maximum Gasteiger partial charge on any atom is 0.308 e. The lowest BCUT2D eigenvalue weighted by Crippen LogP contribution is -2.33. The first kappa shape index (κ1) is 17.0. The molecule has 7 nitrogen and oxygen atoms in total. The van der Waals surface area contributed by atoms with Crippen molar-refractivity contribution in [2.24, 2.45) is 11.1 Å². The summed E-state index contributed by atoms with van der Waals surface area (Å²) in [5, 5.41) is 3.99. The number of hydrogen-bond donors (Lipinski definition) is 0. The number of nitrogens with zero attached hydrogens (tertiary/aromatic N) is 2. The summed E-state index contributed by atoms with van der Waals surface area (Å²) < 4.78 is 4.97. The molecule has 136 valence electrons. The van der Waals surface area contributed by atoms with Gasteiger partial charge in [-0.05, 0) is 31.2 Å². The van der Waals surface area contributed by atoms with Gasteiger partial charge in [0.2, 0.25) is 12.0 Å². The van der Waals surface area contributed by atoms with Crippen molar-refractivity contribution in [2.45, 2.75) is 20.0 Å². The van der Waals surface area contributed by atoms with Gasteiger partial charge in [0, 0.05) is 12.5 Å². The molecule has 2 atom stereocenters. The summed E-state index contributed by atoms with van der Waals surface area (Å²) in [6.45, 7) is 3.26. The van der Waals surface area contributed by atoms with E-state index in [0.717, 1.165) is 16.0 Å². The van der Waals surface area contributed by atoms with Crippen LogP contribution in [-0.4, -0.2) is 29.6 Å². The van der Waals surface area contributed by atoms with Crippen LogP contribution in [0.3, 0.4) is 0 Å². The van der Waals surface area contributed by atoms with E-state index < -0.39 is 23.9 Å². The number of imide groups is 1. The minimum atomic E-state index is -0.957. The first-order valence-corrected chi connectivity index (χ1v) is 8.43. The van der Waals surface area contributed by atoms with Gasteiger partial charge in [0.15, 0.2) is 0 Å². The molecule has 2 aliphatic heterocycles. The predicted octanol–water partition coefficient (Wildman–Crippen LogP) is 2.21. The lowest BCUT2D eigenvalue weighted by molar-refractivity contribution is -0.132. The van der Waals surface area contributed by atoms with Gasteiger partial charge in [-0.15, -0.1) is 0 Å². The van der Waals surface area contributed by atoms with Gasteiger partial charge in [0.05, 0.1) is 5.69 Å². The number of oxime groups is 1. The van der Waals surface area contributed by atoms with Crippen LogP contribution in [0.15, 0.2) is 53.7 Å². The fourth-order valence-corrected chi connectivity index (χ4v) is 3.22. The average Bonchev–Trinajstić information content (AvgIpc) is 3.17. The molecule has 0 N–H and O–H groups in total. The number of carbonyl (C=O) groups excluding carboxylic acids is 3. The summed E-state index contributed by atoms with van der Waals surface area (Å²) in [4.78, 5) is 43.1. The minimum Gasteiger partial charge on any atom is -0.427 e. The summed E-state index contributed by atoms with van der Waals surface area (Å²) in [6.07, 6.45) is -0.957. The van der Waals surface area contributed by atoms with E-state index in [1.165, 1.54) is 19.1 Å². The second kappa shape index (κ2) is 6.35. The zero-order valence-corrected chi connectivity index (χ0v) is 14.7. The van der Waals surface area contributed by atoms with Gasteiger partial charge in [-0.25, -0.2) is 4.90 Å². The number of anilines is 1. The molecule has 0 spiro atoms. The third-order valence-corrected chi connectivity index (χ3v) is 4.52. The van der Waals surface area contributed by atoms with Gasteiger partial charge in [-0.3, -0.25) is 14.4 Å². The quantitative estimate of drug-likeness (QED) is 0.474. The Hall–Kier alpha value is -3.48. The molecule has 1 saturated heterocycles. The number of hydrogen-bond acceptors (Lipinski definition) is 6. The molecule has 0 saturated carbocycles. The molecule has 2 aromatic carbocycles. The van der Waals surface area contributed by atoms with E-state index in [-0.39, 0.29) is 5.91 Å². The highest BCUT2D eigenvalue weighted by Crippen LogP contribution is 2.35. The van der Waals surface area contributed by atoms with Crippen molar-refractivity contribution >= 4 is 29.2 Å². The van der Waals surface area contributed by atoms with Gasteiger partial charge >= 0.3 is 5.97 Å². The van der Waals surface area contributed by atoms with Crippen LogP contribution < -0.4 is 9.64 Å². The Kier molecular flexibility index (Phi) is 3.99. The molecule has 4 rings (SSSR count). The predicted molar refractivity (Wildman–Crippen MR) is 96.3 cm³/mol. The van der Waals surface area contributed by atoms with Crippen molar-refractivity contribution in [1.29, 1.82) is 0 Å². The van der Waals surface area contributed by atoms with Gasteiger partial charge in [0.25, 0.3) is 5.91 Å². The summed E-state index contributed by atoms with van der Waals surface area (Å²) in [7, 11) is 0. The van der Waals surface area contributed by atoms with Crippen molar-refractivity contribution in [2.75, 3.05) is 4.90 Å². The summed E-state index contributed by atoms with van der Waals surface area (Å²) >= 11 is 0. The topological polar surface area (TPSA) is 85.3 Å². The van der Waals surface area contributed by atoms with E-state index in [1.54, 1.807) is 12.1 Å². The Balaban J connectivity index is 1.62. The lowest BCUT2D eigenvalue weighted by Gasteiger charge is -2.15. The van der Waals surface area contributed by atoms with E-state index in [2.05, 4.69) is 5.16 Å². The molecule has 2 aromatic rings. The van der Waals surface area contributed by atoms with Crippen LogP contribution in [0.4, 0.5) is 5.69 Å². The lowest BCUT2D eigenvalue weighted by atomic mass is 9.93. The summed E-state index contributed by atoms with van der Waals surface area (Å²) in [5.41, 5.74) is 2.68. The molecule has 0 aromatic heterocycles. The molecule has 27 heavy (non-hydrogen) atoms. The van der Waals surface area contributed by atoms with Gasteiger partial charge < -0.3 is 9.57 Å². The number of amides is 2. The number of rotatable bonds is 3. The molecular weight excluding hydrogens is 348 g/mol. The smallest absolute Gasteiger partial charge is 0.308 e. The number of aryl methyl sites for hydroxylation is 1. The molecule has 2 heterocycles. The Morgan fingerprint density at radius 1 is 1.04 bits per heavy atom. The second-order valence-electron chi connectivity index (χ2n) is 6.45. The van der Waals surface area contributed by atoms with Crippen LogP contribution in [0.2, 0.25) is 0 Å². The average molecular weight is 364 g/mol. The van der Waals surface area contributed by atoms with Gasteiger partial charge in [-0.1, -0.05) is 35.0 Å². The highest BCUT2D eigenvalue weighted by molar-refractivity contribution is 6.32. The Labute approximate surface area is 155 Å². The van der Waals surface area contributed by atoms with Crippen molar-refractivity contribution in [1.82, 2.24) is 0 Å². The molecule has 7 heteroatoms. The molecular formula is C20H16N2O5. The molecule has 2 amide bonds. The summed E-state index contributed by atoms with van der Waals surface area (Å²) in [5.74, 6) is -1.73. The molecule has 0 radical (unpaired) electrons. The fraction of sp³-hybridized carbons (Fsp3) is 0.200. The van der Waals surface area contributed by atoms with E-state index in [4.69, 9.17) is 9.57 Å². The SMILES string of the molecule is CC(=O)Oc1ccc(N2C(=O)[C@@H]3C(c4ccc(C)cc4)=NO[C@H]3C2=O)cc1. The first-order valence-electron chi connectivity index (χ1n) is 8.43. The zero-order valence-electron chi connectivity index (χ0n) is 14.7. The summed E-state index contributed by atoms with van der Waals surface area (Å²) in [6, 6.07) is 13.7. The van der Waals surface area contributed by atoms with Crippen LogP contribution in [0, 0.1) is 12.8 Å². The first-order chi connectivity index (χ1) is 13.0. The molecule has 2 aliphatic rings.